The molecule has 0 radical (unpaired) electrons. The lowest BCUT2D eigenvalue weighted by molar-refractivity contribution is 0.276. The Bertz CT molecular complexity index is 888. The van der Waals surface area contributed by atoms with Crippen molar-refractivity contribution in [3.05, 3.63) is 28.4 Å². The van der Waals surface area contributed by atoms with E-state index in [0.717, 1.165) is 26.8 Å². The van der Waals surface area contributed by atoms with Gasteiger partial charge >= 0.3 is 0 Å². The molecule has 1 aromatic heterocycles. The van der Waals surface area contributed by atoms with Gasteiger partial charge in [-0.3, -0.25) is 0 Å². The fourth-order valence-electron chi connectivity index (χ4n) is 3.40. The van der Waals surface area contributed by atoms with Crippen molar-refractivity contribution < 1.29 is 14.2 Å². The Kier molecular flexibility index (Phi) is 6.65. The van der Waals surface area contributed by atoms with Crippen LogP contribution in [0.4, 0.5) is 0 Å². The maximum atomic E-state index is 5.88. The standard InChI is InChI=1S/C21H28BrN3O3/c1-6-27-20-17(24-21(28-7-2)18(25-20)12(3)4)11-15-14-9-8-13(26-5)10-16(14)23-19(15)22/h8-10,12,17-18,23H,6-7,11H2,1-5H3/t17-,18+/m0/s1. The second-order valence-corrected chi connectivity index (χ2v) is 7.83. The van der Waals surface area contributed by atoms with Crippen molar-refractivity contribution in [2.75, 3.05) is 20.3 Å². The molecular formula is C21H28BrN3O3. The highest BCUT2D eigenvalue weighted by molar-refractivity contribution is 9.10. The van der Waals surface area contributed by atoms with E-state index in [-0.39, 0.29) is 18.0 Å². The Morgan fingerprint density at radius 1 is 1.11 bits per heavy atom. The molecule has 0 aliphatic carbocycles. The minimum atomic E-state index is -0.214. The monoisotopic (exact) mass is 449 g/mol. The van der Waals surface area contributed by atoms with E-state index >= 15 is 0 Å². The lowest BCUT2D eigenvalue weighted by atomic mass is 10.00. The average Bonchev–Trinajstić information content (AvgIpc) is 2.98. The van der Waals surface area contributed by atoms with Crippen molar-refractivity contribution in [3.63, 3.8) is 0 Å². The van der Waals surface area contributed by atoms with Gasteiger partial charge < -0.3 is 19.2 Å². The van der Waals surface area contributed by atoms with Crippen LogP contribution in [0.5, 0.6) is 5.75 Å². The summed E-state index contributed by atoms with van der Waals surface area (Å²) in [5, 5.41) is 1.13. The van der Waals surface area contributed by atoms with Gasteiger partial charge in [0, 0.05) is 17.9 Å². The SMILES string of the molecule is CCOC1=N[C@H](C(C)C)C(OCC)=N[C@H]1Cc1c(Br)[nH]c2cc(OC)ccc12. The summed E-state index contributed by atoms with van der Waals surface area (Å²) in [6, 6.07) is 5.71. The first-order chi connectivity index (χ1) is 13.5. The number of nitrogens with zero attached hydrogens (tertiary/aromatic N) is 2. The highest BCUT2D eigenvalue weighted by Gasteiger charge is 2.32. The molecule has 1 aliphatic heterocycles. The lowest BCUT2D eigenvalue weighted by Crippen LogP contribution is -2.39. The second kappa shape index (κ2) is 8.99. The minimum absolute atomic E-state index is 0.103. The molecule has 1 aromatic carbocycles. The van der Waals surface area contributed by atoms with Crippen molar-refractivity contribution in [1.29, 1.82) is 0 Å². The molecule has 6 nitrogen and oxygen atoms in total. The van der Waals surface area contributed by atoms with Gasteiger partial charge in [-0.25, -0.2) is 9.98 Å². The second-order valence-electron chi connectivity index (χ2n) is 7.04. The van der Waals surface area contributed by atoms with Gasteiger partial charge in [-0.1, -0.05) is 13.8 Å². The predicted octanol–water partition coefficient (Wildman–Crippen LogP) is 4.76. The molecule has 0 bridgehead atoms. The van der Waals surface area contributed by atoms with Crippen molar-refractivity contribution >= 4 is 38.6 Å². The Morgan fingerprint density at radius 3 is 2.46 bits per heavy atom. The molecule has 2 heterocycles. The number of hydrogen-bond donors (Lipinski definition) is 1. The molecule has 0 spiro atoms. The van der Waals surface area contributed by atoms with Crippen molar-refractivity contribution in [1.82, 2.24) is 4.98 Å². The van der Waals surface area contributed by atoms with Crippen molar-refractivity contribution in [3.8, 4) is 5.75 Å². The van der Waals surface area contributed by atoms with E-state index in [9.17, 15) is 0 Å². The molecule has 7 heteroatoms. The number of aromatic amines is 1. The summed E-state index contributed by atoms with van der Waals surface area (Å²) in [7, 11) is 1.67. The van der Waals surface area contributed by atoms with Crippen LogP contribution in [-0.2, 0) is 15.9 Å². The van der Waals surface area contributed by atoms with Gasteiger partial charge in [0.15, 0.2) is 0 Å². The Hall–Kier alpha value is -2.02. The Labute approximate surface area is 174 Å². The van der Waals surface area contributed by atoms with E-state index in [2.05, 4.69) is 40.8 Å². The molecule has 1 N–H and O–H groups in total. The Balaban J connectivity index is 1.98. The van der Waals surface area contributed by atoms with Crippen LogP contribution in [0, 0.1) is 5.92 Å². The number of fused-ring (bicyclic) bond motifs is 1. The third kappa shape index (κ3) is 4.19. The molecule has 0 saturated carbocycles. The van der Waals surface area contributed by atoms with Crippen molar-refractivity contribution in [2.45, 2.75) is 46.2 Å². The number of H-pyrrole nitrogens is 1. The zero-order valence-electron chi connectivity index (χ0n) is 17.1. The van der Waals surface area contributed by atoms with Crippen LogP contribution < -0.4 is 4.74 Å². The van der Waals surface area contributed by atoms with E-state index in [4.69, 9.17) is 24.2 Å². The van der Waals surface area contributed by atoms with E-state index in [1.807, 2.05) is 26.0 Å². The van der Waals surface area contributed by atoms with Crippen molar-refractivity contribution in [2.24, 2.45) is 15.9 Å². The van der Waals surface area contributed by atoms with Gasteiger partial charge in [0.05, 0.1) is 30.4 Å². The molecule has 2 aromatic rings. The van der Waals surface area contributed by atoms with Gasteiger partial charge in [-0.05, 0) is 53.4 Å². The number of hydrogen-bond acceptors (Lipinski definition) is 5. The summed E-state index contributed by atoms with van der Waals surface area (Å²) in [6.07, 6.45) is 0.660. The molecule has 0 saturated heterocycles. The summed E-state index contributed by atoms with van der Waals surface area (Å²) >= 11 is 3.67. The van der Waals surface area contributed by atoms with Gasteiger partial charge in [0.2, 0.25) is 11.8 Å². The van der Waals surface area contributed by atoms with E-state index in [0.29, 0.717) is 31.4 Å². The van der Waals surface area contributed by atoms with Crippen LogP contribution >= 0.6 is 15.9 Å². The van der Waals surface area contributed by atoms with Crippen LogP contribution in [0.2, 0.25) is 0 Å². The lowest BCUT2D eigenvalue weighted by Gasteiger charge is -2.28. The van der Waals surface area contributed by atoms with E-state index < -0.39 is 0 Å². The van der Waals surface area contributed by atoms with Gasteiger partial charge in [-0.2, -0.15) is 0 Å². The number of aliphatic imine (C=N–C) groups is 2. The zero-order valence-corrected chi connectivity index (χ0v) is 18.7. The first-order valence-corrected chi connectivity index (χ1v) is 10.5. The molecule has 0 unspecified atom stereocenters. The largest absolute Gasteiger partial charge is 0.497 e. The molecule has 0 amide bonds. The van der Waals surface area contributed by atoms with E-state index in [1.54, 1.807) is 7.11 Å². The van der Waals surface area contributed by atoms with Gasteiger partial charge in [-0.15, -0.1) is 0 Å². The number of nitrogens with one attached hydrogen (secondary N) is 1. The summed E-state index contributed by atoms with van der Waals surface area (Å²) in [4.78, 5) is 13.2. The fourth-order valence-corrected chi connectivity index (χ4v) is 3.99. The van der Waals surface area contributed by atoms with Gasteiger partial charge in [0.25, 0.3) is 0 Å². The number of aromatic nitrogens is 1. The first kappa shape index (κ1) is 20.7. The highest BCUT2D eigenvalue weighted by Crippen LogP contribution is 2.32. The number of methoxy groups -OCH3 is 1. The fraction of sp³-hybridized carbons (Fsp3) is 0.524. The molecule has 28 heavy (non-hydrogen) atoms. The molecular weight excluding hydrogens is 422 g/mol. The summed E-state index contributed by atoms with van der Waals surface area (Å²) < 4.78 is 18.0. The number of benzene rings is 1. The van der Waals surface area contributed by atoms with Crippen LogP contribution in [0.3, 0.4) is 0 Å². The molecule has 2 atom stereocenters. The highest BCUT2D eigenvalue weighted by atomic mass is 79.9. The smallest absolute Gasteiger partial charge is 0.210 e. The third-order valence-electron chi connectivity index (χ3n) is 4.76. The Morgan fingerprint density at radius 2 is 1.82 bits per heavy atom. The van der Waals surface area contributed by atoms with Crippen LogP contribution in [0.1, 0.15) is 33.3 Å². The van der Waals surface area contributed by atoms with Gasteiger partial charge in [0.1, 0.15) is 17.8 Å². The quantitative estimate of drug-likeness (QED) is 0.690. The minimum Gasteiger partial charge on any atom is -0.497 e. The first-order valence-electron chi connectivity index (χ1n) is 9.73. The molecule has 3 rings (SSSR count). The summed E-state index contributed by atoms with van der Waals surface area (Å²) in [5.41, 5.74) is 2.15. The average molecular weight is 450 g/mol. The molecule has 1 aliphatic rings. The zero-order chi connectivity index (χ0) is 20.3. The molecule has 152 valence electrons. The maximum absolute atomic E-state index is 5.88. The molecule has 0 fully saturated rings. The predicted molar refractivity (Wildman–Crippen MR) is 117 cm³/mol. The van der Waals surface area contributed by atoms with E-state index in [1.165, 1.54) is 0 Å². The number of halogens is 1. The van der Waals surface area contributed by atoms with Crippen LogP contribution in [0.15, 0.2) is 32.8 Å². The topological polar surface area (TPSA) is 68.2 Å². The number of rotatable bonds is 6. The van der Waals surface area contributed by atoms with Crippen LogP contribution in [0.25, 0.3) is 10.9 Å². The number of ether oxygens (including phenoxy) is 3. The normalized spacial score (nSPS) is 19.5. The summed E-state index contributed by atoms with van der Waals surface area (Å²) in [6.45, 7) is 9.32. The maximum Gasteiger partial charge on any atom is 0.210 e. The third-order valence-corrected chi connectivity index (χ3v) is 5.44. The summed E-state index contributed by atoms with van der Waals surface area (Å²) in [5.74, 6) is 2.48. The van der Waals surface area contributed by atoms with Crippen LogP contribution in [-0.4, -0.2) is 49.2 Å².